The number of nitrogens with one attached hydrogen (secondary N) is 1. The van der Waals surface area contributed by atoms with Gasteiger partial charge in [0.25, 0.3) is 0 Å². The smallest absolute Gasteiger partial charge is 0.0619 e. The Labute approximate surface area is 106 Å². The van der Waals surface area contributed by atoms with E-state index in [9.17, 15) is 0 Å². The van der Waals surface area contributed by atoms with Crippen LogP contribution in [0.5, 0.6) is 0 Å². The second-order valence-electron chi connectivity index (χ2n) is 4.07. The Morgan fingerprint density at radius 1 is 1.25 bits per heavy atom. The van der Waals surface area contributed by atoms with E-state index in [-0.39, 0.29) is 0 Å². The first-order valence-corrected chi connectivity index (χ1v) is 6.26. The monoisotopic (exact) mass is 259 g/mol. The summed E-state index contributed by atoms with van der Waals surface area (Å²) in [6.45, 7) is 2.48. The van der Waals surface area contributed by atoms with Crippen LogP contribution < -0.4 is 5.32 Å². The zero-order chi connectivity index (χ0) is 11.4. The first-order chi connectivity index (χ1) is 7.74. The molecule has 0 spiro atoms. The van der Waals surface area contributed by atoms with E-state index in [4.69, 9.17) is 27.9 Å². The van der Waals surface area contributed by atoms with Crippen molar-refractivity contribution in [3.05, 3.63) is 33.8 Å². The van der Waals surface area contributed by atoms with Crippen molar-refractivity contribution in [3.8, 4) is 0 Å². The van der Waals surface area contributed by atoms with Crippen molar-refractivity contribution in [2.45, 2.75) is 25.4 Å². The molecule has 0 amide bonds. The minimum absolute atomic E-state index is 0.450. The summed E-state index contributed by atoms with van der Waals surface area (Å²) in [5.74, 6) is 0. The molecule has 1 saturated heterocycles. The standard InChI is InChI=1S/C12H15Cl2NO/c13-10-4-9(5-11(14)6-10)7-15-12-2-1-3-16-8-12/h4-6,12,15H,1-3,7-8H2. The lowest BCUT2D eigenvalue weighted by molar-refractivity contribution is 0.0699. The Bertz CT molecular complexity index is 331. The second-order valence-corrected chi connectivity index (χ2v) is 4.95. The van der Waals surface area contributed by atoms with Crippen molar-refractivity contribution in [2.75, 3.05) is 13.2 Å². The maximum absolute atomic E-state index is 5.93. The first kappa shape index (κ1) is 12.2. The molecular weight excluding hydrogens is 245 g/mol. The molecule has 1 aliphatic heterocycles. The maximum Gasteiger partial charge on any atom is 0.0619 e. The van der Waals surface area contributed by atoms with Crippen molar-refractivity contribution < 1.29 is 4.74 Å². The van der Waals surface area contributed by atoms with Crippen molar-refractivity contribution in [1.82, 2.24) is 5.32 Å². The van der Waals surface area contributed by atoms with Crippen molar-refractivity contribution in [2.24, 2.45) is 0 Å². The van der Waals surface area contributed by atoms with E-state index >= 15 is 0 Å². The number of hydrogen-bond acceptors (Lipinski definition) is 2. The van der Waals surface area contributed by atoms with E-state index in [1.54, 1.807) is 6.07 Å². The summed E-state index contributed by atoms with van der Waals surface area (Å²) in [5, 5.41) is 4.82. The van der Waals surface area contributed by atoms with E-state index in [0.717, 1.165) is 31.7 Å². The highest BCUT2D eigenvalue weighted by Crippen LogP contribution is 2.19. The predicted molar refractivity (Wildman–Crippen MR) is 67.1 cm³/mol. The van der Waals surface area contributed by atoms with Gasteiger partial charge in [0.05, 0.1) is 6.61 Å². The quantitative estimate of drug-likeness (QED) is 0.900. The van der Waals surface area contributed by atoms with Crippen LogP contribution >= 0.6 is 23.2 Å². The van der Waals surface area contributed by atoms with Gasteiger partial charge in [-0.2, -0.15) is 0 Å². The number of ether oxygens (including phenoxy) is 1. The van der Waals surface area contributed by atoms with Crippen LogP contribution in [0, 0.1) is 0 Å². The fourth-order valence-electron chi connectivity index (χ4n) is 1.88. The molecule has 1 unspecified atom stereocenters. The fraction of sp³-hybridized carbons (Fsp3) is 0.500. The van der Waals surface area contributed by atoms with E-state index in [1.807, 2.05) is 12.1 Å². The van der Waals surface area contributed by atoms with E-state index in [0.29, 0.717) is 16.1 Å². The average molecular weight is 260 g/mol. The molecular formula is C12H15Cl2NO. The lowest BCUT2D eigenvalue weighted by atomic mass is 10.1. The van der Waals surface area contributed by atoms with Crippen molar-refractivity contribution in [1.29, 1.82) is 0 Å². The minimum Gasteiger partial charge on any atom is -0.380 e. The van der Waals surface area contributed by atoms with Gasteiger partial charge >= 0.3 is 0 Å². The molecule has 2 rings (SSSR count). The highest BCUT2D eigenvalue weighted by atomic mass is 35.5. The molecule has 1 atom stereocenters. The molecule has 1 N–H and O–H groups in total. The SMILES string of the molecule is Clc1cc(Cl)cc(CNC2CCCOC2)c1. The highest BCUT2D eigenvalue weighted by molar-refractivity contribution is 6.34. The summed E-state index contributed by atoms with van der Waals surface area (Å²) >= 11 is 11.9. The van der Waals surface area contributed by atoms with Crippen LogP contribution in [-0.4, -0.2) is 19.3 Å². The first-order valence-electron chi connectivity index (χ1n) is 5.50. The summed E-state index contributed by atoms with van der Waals surface area (Å²) in [7, 11) is 0. The van der Waals surface area contributed by atoms with Gasteiger partial charge in [-0.05, 0) is 36.6 Å². The molecule has 0 bridgehead atoms. The molecule has 1 heterocycles. The summed E-state index contributed by atoms with van der Waals surface area (Å²) in [6.07, 6.45) is 2.31. The van der Waals surface area contributed by atoms with Crippen molar-refractivity contribution >= 4 is 23.2 Å². The molecule has 88 valence electrons. The molecule has 0 aromatic heterocycles. The van der Waals surface area contributed by atoms with Gasteiger partial charge in [0.2, 0.25) is 0 Å². The van der Waals surface area contributed by atoms with Gasteiger partial charge in [0.15, 0.2) is 0 Å². The molecule has 2 nitrogen and oxygen atoms in total. The number of benzene rings is 1. The number of halogens is 2. The molecule has 16 heavy (non-hydrogen) atoms. The van der Waals surface area contributed by atoms with E-state index < -0.39 is 0 Å². The van der Waals surface area contributed by atoms with Crippen LogP contribution in [0.1, 0.15) is 18.4 Å². The molecule has 1 aliphatic rings. The summed E-state index contributed by atoms with van der Waals surface area (Å²) in [6, 6.07) is 6.07. The second kappa shape index (κ2) is 5.87. The van der Waals surface area contributed by atoms with Gasteiger partial charge in [0.1, 0.15) is 0 Å². The summed E-state index contributed by atoms with van der Waals surface area (Å²) < 4.78 is 5.40. The molecule has 0 radical (unpaired) electrons. The van der Waals surface area contributed by atoms with Gasteiger partial charge in [-0.1, -0.05) is 23.2 Å². The Hall–Kier alpha value is -0.280. The highest BCUT2D eigenvalue weighted by Gasteiger charge is 2.12. The third-order valence-electron chi connectivity index (χ3n) is 2.68. The van der Waals surface area contributed by atoms with Gasteiger partial charge in [-0.3, -0.25) is 0 Å². The topological polar surface area (TPSA) is 21.3 Å². The maximum atomic E-state index is 5.93. The zero-order valence-electron chi connectivity index (χ0n) is 9.01. The van der Waals surface area contributed by atoms with E-state index in [1.165, 1.54) is 6.42 Å². The normalized spacial score (nSPS) is 21.0. The Morgan fingerprint density at radius 2 is 2.00 bits per heavy atom. The van der Waals surface area contributed by atoms with Gasteiger partial charge in [-0.15, -0.1) is 0 Å². The van der Waals surface area contributed by atoms with E-state index in [2.05, 4.69) is 5.32 Å². The summed E-state index contributed by atoms with van der Waals surface area (Å²) in [4.78, 5) is 0. The predicted octanol–water partition coefficient (Wildman–Crippen LogP) is 3.26. The molecule has 1 aromatic rings. The largest absolute Gasteiger partial charge is 0.380 e. The fourth-order valence-corrected chi connectivity index (χ4v) is 2.45. The third kappa shape index (κ3) is 3.63. The minimum atomic E-state index is 0.450. The average Bonchev–Trinajstić information content (AvgIpc) is 2.27. The Kier molecular flexibility index (Phi) is 4.47. The van der Waals surface area contributed by atoms with Gasteiger partial charge < -0.3 is 10.1 Å². The van der Waals surface area contributed by atoms with Crippen LogP contribution in [0.15, 0.2) is 18.2 Å². The van der Waals surface area contributed by atoms with Crippen LogP contribution in [0.3, 0.4) is 0 Å². The lowest BCUT2D eigenvalue weighted by Crippen LogP contribution is -2.36. The Morgan fingerprint density at radius 3 is 2.62 bits per heavy atom. The number of rotatable bonds is 3. The zero-order valence-corrected chi connectivity index (χ0v) is 10.5. The lowest BCUT2D eigenvalue weighted by Gasteiger charge is -2.23. The Balaban J connectivity index is 1.88. The van der Waals surface area contributed by atoms with Crippen molar-refractivity contribution in [3.63, 3.8) is 0 Å². The molecule has 1 fully saturated rings. The molecule has 1 aromatic carbocycles. The molecule has 4 heteroatoms. The van der Waals surface area contributed by atoms with Crippen LogP contribution in [0.2, 0.25) is 10.0 Å². The van der Waals surface area contributed by atoms with Crippen LogP contribution in [0.25, 0.3) is 0 Å². The van der Waals surface area contributed by atoms with Gasteiger partial charge in [-0.25, -0.2) is 0 Å². The van der Waals surface area contributed by atoms with Gasteiger partial charge in [0, 0.05) is 29.2 Å². The van der Waals surface area contributed by atoms with Crippen LogP contribution in [0.4, 0.5) is 0 Å². The van der Waals surface area contributed by atoms with Crippen LogP contribution in [-0.2, 0) is 11.3 Å². The summed E-state index contributed by atoms with van der Waals surface area (Å²) in [5.41, 5.74) is 1.11. The number of hydrogen-bond donors (Lipinski definition) is 1. The molecule has 0 saturated carbocycles. The third-order valence-corrected chi connectivity index (χ3v) is 3.11. The molecule has 0 aliphatic carbocycles.